The first-order chi connectivity index (χ1) is 13.5. The Morgan fingerprint density at radius 2 is 1.86 bits per heavy atom. The smallest absolute Gasteiger partial charge is 0.191 e. The van der Waals surface area contributed by atoms with E-state index in [-0.39, 0.29) is 43.2 Å². The topological polar surface area (TPSA) is 65.9 Å². The summed E-state index contributed by atoms with van der Waals surface area (Å²) in [6.45, 7) is 5.09. The molecular weight excluding hydrogens is 491 g/mol. The molecule has 0 aliphatic carbocycles. The minimum Gasteiger partial charge on any atom is -0.389 e. The van der Waals surface area contributed by atoms with E-state index in [0.29, 0.717) is 24.7 Å². The summed E-state index contributed by atoms with van der Waals surface area (Å²) in [4.78, 5) is 4.34. The van der Waals surface area contributed by atoms with Crippen molar-refractivity contribution in [2.24, 2.45) is 4.99 Å². The van der Waals surface area contributed by atoms with Gasteiger partial charge in [-0.2, -0.15) is 0 Å². The van der Waals surface area contributed by atoms with Gasteiger partial charge in [0.1, 0.15) is 0 Å². The lowest BCUT2D eigenvalue weighted by Gasteiger charge is -2.19. The number of aliphatic imine (C=N–C) groups is 1. The molecule has 3 N–H and O–H groups in total. The summed E-state index contributed by atoms with van der Waals surface area (Å²) in [5.41, 5.74) is 1.63. The van der Waals surface area contributed by atoms with Crippen molar-refractivity contribution < 1.29 is 18.6 Å². The maximum Gasteiger partial charge on any atom is 0.191 e. The molecule has 0 saturated heterocycles. The number of nitrogens with zero attached hydrogens (tertiary/aromatic N) is 1. The molecule has 0 fully saturated rings. The molecule has 0 saturated carbocycles. The SMILES string of the molecule is CCNC(=NCC(O)COCc1ccccc1)NC(C)c1ccc(F)c(F)c1.I. The molecule has 2 unspecified atom stereocenters. The van der Waals surface area contributed by atoms with E-state index >= 15 is 0 Å². The van der Waals surface area contributed by atoms with Crippen LogP contribution in [0.25, 0.3) is 0 Å². The summed E-state index contributed by atoms with van der Waals surface area (Å²) in [5, 5.41) is 16.3. The van der Waals surface area contributed by atoms with Gasteiger partial charge in [0.05, 0.1) is 31.9 Å². The highest BCUT2D eigenvalue weighted by atomic mass is 127. The Balaban J connectivity index is 0.00000420. The van der Waals surface area contributed by atoms with Gasteiger partial charge < -0.3 is 20.5 Å². The predicted molar refractivity (Wildman–Crippen MR) is 121 cm³/mol. The molecule has 0 spiro atoms. The molecule has 0 aromatic heterocycles. The van der Waals surface area contributed by atoms with Crippen molar-refractivity contribution in [1.29, 1.82) is 0 Å². The summed E-state index contributed by atoms with van der Waals surface area (Å²) in [7, 11) is 0. The zero-order valence-electron chi connectivity index (χ0n) is 16.6. The molecule has 5 nitrogen and oxygen atoms in total. The van der Waals surface area contributed by atoms with E-state index in [1.165, 1.54) is 6.07 Å². The number of hydrogen-bond donors (Lipinski definition) is 3. The van der Waals surface area contributed by atoms with E-state index in [1.54, 1.807) is 0 Å². The lowest BCUT2D eigenvalue weighted by atomic mass is 10.1. The third-order valence-electron chi connectivity index (χ3n) is 4.02. The number of halogens is 3. The van der Waals surface area contributed by atoms with Crippen molar-refractivity contribution >= 4 is 29.9 Å². The summed E-state index contributed by atoms with van der Waals surface area (Å²) in [6.07, 6.45) is -0.752. The highest BCUT2D eigenvalue weighted by Gasteiger charge is 2.12. The van der Waals surface area contributed by atoms with E-state index in [4.69, 9.17) is 4.74 Å². The zero-order chi connectivity index (χ0) is 20.4. The fraction of sp³-hybridized carbons (Fsp3) is 0.381. The number of aliphatic hydroxyl groups is 1. The molecule has 2 rings (SSSR count). The van der Waals surface area contributed by atoms with Crippen LogP contribution in [-0.4, -0.2) is 36.9 Å². The molecule has 8 heteroatoms. The number of nitrogens with one attached hydrogen (secondary N) is 2. The van der Waals surface area contributed by atoms with Crippen LogP contribution in [0.4, 0.5) is 8.78 Å². The van der Waals surface area contributed by atoms with Crippen molar-refractivity contribution in [3.63, 3.8) is 0 Å². The Labute approximate surface area is 187 Å². The third kappa shape index (κ3) is 9.05. The molecule has 0 bridgehead atoms. The van der Waals surface area contributed by atoms with Crippen molar-refractivity contribution in [1.82, 2.24) is 10.6 Å². The predicted octanol–water partition coefficient (Wildman–Crippen LogP) is 3.78. The van der Waals surface area contributed by atoms with Crippen LogP contribution in [0.5, 0.6) is 0 Å². The summed E-state index contributed by atoms with van der Waals surface area (Å²) in [5.74, 6) is -1.30. The van der Waals surface area contributed by atoms with Gasteiger partial charge in [-0.25, -0.2) is 8.78 Å². The molecule has 29 heavy (non-hydrogen) atoms. The van der Waals surface area contributed by atoms with E-state index in [0.717, 1.165) is 17.7 Å². The summed E-state index contributed by atoms with van der Waals surface area (Å²) >= 11 is 0. The first-order valence-electron chi connectivity index (χ1n) is 9.29. The number of ether oxygens (including phenoxy) is 1. The maximum atomic E-state index is 13.4. The molecule has 2 aromatic rings. The van der Waals surface area contributed by atoms with E-state index in [1.807, 2.05) is 44.2 Å². The summed E-state index contributed by atoms with van der Waals surface area (Å²) in [6, 6.07) is 13.2. The number of rotatable bonds is 9. The van der Waals surface area contributed by atoms with Crippen LogP contribution in [0, 0.1) is 11.6 Å². The van der Waals surface area contributed by atoms with Gasteiger partial charge in [0.15, 0.2) is 17.6 Å². The van der Waals surface area contributed by atoms with Crippen molar-refractivity contribution in [2.75, 3.05) is 19.7 Å². The van der Waals surface area contributed by atoms with Gasteiger partial charge >= 0.3 is 0 Å². The number of hydrogen-bond acceptors (Lipinski definition) is 3. The number of guanidine groups is 1. The molecule has 2 atom stereocenters. The summed E-state index contributed by atoms with van der Waals surface area (Å²) < 4.78 is 32.0. The first-order valence-corrected chi connectivity index (χ1v) is 9.29. The Kier molecular flexibility index (Phi) is 11.7. The van der Waals surface area contributed by atoms with Gasteiger partial charge in [-0.15, -0.1) is 24.0 Å². The second-order valence-corrected chi connectivity index (χ2v) is 6.41. The molecule has 160 valence electrons. The van der Waals surface area contributed by atoms with Gasteiger partial charge in [-0.3, -0.25) is 4.99 Å². The Hall–Kier alpha value is -1.78. The van der Waals surface area contributed by atoms with Crippen molar-refractivity contribution in [3.05, 3.63) is 71.3 Å². The van der Waals surface area contributed by atoms with Crippen LogP contribution in [0.2, 0.25) is 0 Å². The lowest BCUT2D eigenvalue weighted by Crippen LogP contribution is -2.39. The largest absolute Gasteiger partial charge is 0.389 e. The van der Waals surface area contributed by atoms with Gasteiger partial charge in [0.25, 0.3) is 0 Å². The average Bonchev–Trinajstić information content (AvgIpc) is 2.69. The van der Waals surface area contributed by atoms with Crippen molar-refractivity contribution in [2.45, 2.75) is 32.6 Å². The molecule has 0 radical (unpaired) electrons. The Morgan fingerprint density at radius 3 is 2.52 bits per heavy atom. The second kappa shape index (κ2) is 13.4. The van der Waals surface area contributed by atoms with E-state index in [9.17, 15) is 13.9 Å². The quantitative estimate of drug-likeness (QED) is 0.268. The highest BCUT2D eigenvalue weighted by molar-refractivity contribution is 14.0. The first kappa shape index (κ1) is 25.3. The maximum absolute atomic E-state index is 13.4. The third-order valence-corrected chi connectivity index (χ3v) is 4.02. The van der Waals surface area contributed by atoms with Crippen LogP contribution in [-0.2, 0) is 11.3 Å². The van der Waals surface area contributed by atoms with Gasteiger partial charge in [-0.1, -0.05) is 36.4 Å². The Bertz CT molecular complexity index is 763. The van der Waals surface area contributed by atoms with Gasteiger partial charge in [-0.05, 0) is 37.1 Å². The normalized spacial score (nSPS) is 13.3. The van der Waals surface area contributed by atoms with E-state index < -0.39 is 17.7 Å². The van der Waals surface area contributed by atoms with Crippen molar-refractivity contribution in [3.8, 4) is 0 Å². The lowest BCUT2D eigenvalue weighted by molar-refractivity contribution is 0.0331. The standard InChI is InChI=1S/C21H27F2N3O2.HI/c1-3-24-21(26-15(2)17-9-10-19(22)20(23)11-17)25-12-18(27)14-28-13-16-7-5-4-6-8-16;/h4-11,15,18,27H,3,12-14H2,1-2H3,(H2,24,25,26);1H. The number of aliphatic hydroxyl groups excluding tert-OH is 1. The molecule has 0 amide bonds. The number of benzene rings is 2. The van der Waals surface area contributed by atoms with Gasteiger partial charge in [0, 0.05) is 6.54 Å². The van der Waals surface area contributed by atoms with Crippen LogP contribution >= 0.6 is 24.0 Å². The molecular formula is C21H28F2IN3O2. The van der Waals surface area contributed by atoms with E-state index in [2.05, 4.69) is 15.6 Å². The average molecular weight is 519 g/mol. The van der Waals surface area contributed by atoms with Crippen LogP contribution in [0.15, 0.2) is 53.5 Å². The van der Waals surface area contributed by atoms with Crippen LogP contribution < -0.4 is 10.6 Å². The fourth-order valence-electron chi connectivity index (χ4n) is 2.53. The molecule has 0 heterocycles. The molecule has 0 aliphatic heterocycles. The molecule has 2 aromatic carbocycles. The second-order valence-electron chi connectivity index (χ2n) is 6.41. The monoisotopic (exact) mass is 519 g/mol. The Morgan fingerprint density at radius 1 is 1.14 bits per heavy atom. The fourth-order valence-corrected chi connectivity index (χ4v) is 2.53. The van der Waals surface area contributed by atoms with Crippen LogP contribution in [0.3, 0.4) is 0 Å². The zero-order valence-corrected chi connectivity index (χ0v) is 18.9. The minimum absolute atomic E-state index is 0. The highest BCUT2D eigenvalue weighted by Crippen LogP contribution is 2.15. The minimum atomic E-state index is -0.890. The van der Waals surface area contributed by atoms with Crippen LogP contribution in [0.1, 0.15) is 31.0 Å². The molecule has 0 aliphatic rings. The van der Waals surface area contributed by atoms with Gasteiger partial charge in [0.2, 0.25) is 0 Å².